The molecule has 0 radical (unpaired) electrons. The molecule has 1 aliphatic heterocycles. The van der Waals surface area contributed by atoms with Crippen molar-refractivity contribution in [2.24, 2.45) is 5.41 Å². The summed E-state index contributed by atoms with van der Waals surface area (Å²) < 4.78 is 16.6. The van der Waals surface area contributed by atoms with Crippen LogP contribution < -0.4 is 14.8 Å². The van der Waals surface area contributed by atoms with Crippen LogP contribution in [0.1, 0.15) is 69.1 Å². The molecule has 1 saturated carbocycles. The summed E-state index contributed by atoms with van der Waals surface area (Å²) in [5.41, 5.74) is 2.32. The maximum Gasteiger partial charge on any atom is 0.415 e. The third-order valence-corrected chi connectivity index (χ3v) is 6.73. The molecule has 2 amide bonds. The Morgan fingerprint density at radius 2 is 1.79 bits per heavy atom. The molecule has 0 spiro atoms. The molecule has 1 heterocycles. The van der Waals surface area contributed by atoms with Gasteiger partial charge in [0.1, 0.15) is 11.5 Å². The molecule has 2 aromatic carbocycles. The number of carbonyl (C=O) groups is 2. The predicted molar refractivity (Wildman–Crippen MR) is 126 cm³/mol. The van der Waals surface area contributed by atoms with Crippen LogP contribution >= 0.6 is 11.6 Å². The second-order valence-electron chi connectivity index (χ2n) is 9.53. The van der Waals surface area contributed by atoms with E-state index in [9.17, 15) is 9.59 Å². The molecular formula is C26H30ClNO5. The topological polar surface area (TPSA) is 73.9 Å². The fraction of sp³-hybridized carbons (Fsp3) is 0.462. The maximum atomic E-state index is 11.8. The number of ether oxygens (including phenoxy) is 3. The highest BCUT2D eigenvalue weighted by Gasteiger charge is 2.33. The van der Waals surface area contributed by atoms with Crippen molar-refractivity contribution in [3.63, 3.8) is 0 Å². The molecule has 1 atom stereocenters. The first-order valence-corrected chi connectivity index (χ1v) is 11.8. The molecule has 1 aliphatic carbocycles. The van der Waals surface area contributed by atoms with Gasteiger partial charge in [-0.25, -0.2) is 4.79 Å². The molecule has 0 bridgehead atoms. The molecule has 2 aromatic rings. The molecule has 33 heavy (non-hydrogen) atoms. The lowest BCUT2D eigenvalue weighted by atomic mass is 9.71. The van der Waals surface area contributed by atoms with Crippen LogP contribution in [0.25, 0.3) is 0 Å². The van der Waals surface area contributed by atoms with Crippen molar-refractivity contribution < 1.29 is 23.8 Å². The molecule has 6 nitrogen and oxygen atoms in total. The lowest BCUT2D eigenvalue weighted by Gasteiger charge is -2.34. The zero-order valence-corrected chi connectivity index (χ0v) is 19.8. The van der Waals surface area contributed by atoms with Crippen LogP contribution in [0.5, 0.6) is 11.5 Å². The zero-order valence-electron chi connectivity index (χ0n) is 19.1. The fourth-order valence-corrected chi connectivity index (χ4v) is 4.64. The van der Waals surface area contributed by atoms with Crippen LogP contribution in [0.2, 0.25) is 5.02 Å². The van der Waals surface area contributed by atoms with Crippen molar-refractivity contribution in [2.75, 3.05) is 13.2 Å². The fourth-order valence-electron chi connectivity index (χ4n) is 4.39. The number of amides is 2. The predicted octanol–water partition coefficient (Wildman–Crippen LogP) is 6.18. The minimum Gasteiger partial charge on any atom is -0.493 e. The Kier molecular flexibility index (Phi) is 7.13. The first kappa shape index (κ1) is 23.4. The minimum atomic E-state index is -0.936. The first-order chi connectivity index (χ1) is 15.8. The Bertz CT molecular complexity index is 1010. The van der Waals surface area contributed by atoms with Crippen molar-refractivity contribution >= 4 is 23.6 Å². The van der Waals surface area contributed by atoms with E-state index in [4.69, 9.17) is 25.8 Å². The van der Waals surface area contributed by atoms with Gasteiger partial charge in [-0.15, -0.1) is 0 Å². The van der Waals surface area contributed by atoms with Crippen LogP contribution in [0.15, 0.2) is 42.5 Å². The lowest BCUT2D eigenvalue weighted by molar-refractivity contribution is -0.123. The van der Waals surface area contributed by atoms with Crippen LogP contribution in [-0.4, -0.2) is 25.2 Å². The summed E-state index contributed by atoms with van der Waals surface area (Å²) in [4.78, 5) is 23.0. The molecule has 2 fully saturated rings. The summed E-state index contributed by atoms with van der Waals surface area (Å²) >= 11 is 6.49. The van der Waals surface area contributed by atoms with Gasteiger partial charge in [0.05, 0.1) is 18.2 Å². The van der Waals surface area contributed by atoms with Gasteiger partial charge in [-0.2, -0.15) is 0 Å². The van der Waals surface area contributed by atoms with E-state index < -0.39 is 18.1 Å². The lowest BCUT2D eigenvalue weighted by Crippen LogP contribution is -2.20. The Morgan fingerprint density at radius 3 is 2.48 bits per heavy atom. The highest BCUT2D eigenvalue weighted by molar-refractivity contribution is 6.32. The van der Waals surface area contributed by atoms with Gasteiger partial charge in [0.2, 0.25) is 6.10 Å². The molecule has 0 aromatic heterocycles. The van der Waals surface area contributed by atoms with Gasteiger partial charge < -0.3 is 14.2 Å². The van der Waals surface area contributed by atoms with Gasteiger partial charge in [0.25, 0.3) is 5.91 Å². The highest BCUT2D eigenvalue weighted by Crippen LogP contribution is 2.43. The number of hydrogen-bond donors (Lipinski definition) is 1. The molecule has 1 unspecified atom stereocenters. The second kappa shape index (κ2) is 10.0. The van der Waals surface area contributed by atoms with E-state index in [1.165, 1.54) is 31.2 Å². The van der Waals surface area contributed by atoms with Crippen molar-refractivity contribution in [2.45, 2.75) is 58.0 Å². The van der Waals surface area contributed by atoms with Crippen molar-refractivity contribution in [3.8, 4) is 11.5 Å². The number of halogens is 1. The largest absolute Gasteiger partial charge is 0.493 e. The van der Waals surface area contributed by atoms with Crippen molar-refractivity contribution in [1.29, 1.82) is 0 Å². The molecule has 4 rings (SSSR count). The van der Waals surface area contributed by atoms with Crippen LogP contribution in [0, 0.1) is 5.41 Å². The summed E-state index contributed by atoms with van der Waals surface area (Å²) in [7, 11) is 0. The SMILES string of the molecule is CC1(C)CCC(c2ccc(OCCCOc3cccc(C4OC(=O)NC4=O)c3)c(Cl)c2)CC1. The summed E-state index contributed by atoms with van der Waals surface area (Å²) in [6.45, 7) is 5.60. The zero-order chi connectivity index (χ0) is 23.4. The van der Waals surface area contributed by atoms with E-state index in [2.05, 4.69) is 25.2 Å². The van der Waals surface area contributed by atoms with E-state index >= 15 is 0 Å². The number of cyclic esters (lactones) is 1. The number of rotatable bonds is 8. The van der Waals surface area contributed by atoms with E-state index in [1.54, 1.807) is 24.3 Å². The van der Waals surface area contributed by atoms with E-state index in [1.807, 2.05) is 12.1 Å². The summed E-state index contributed by atoms with van der Waals surface area (Å²) in [5.74, 6) is 1.39. The van der Waals surface area contributed by atoms with Crippen LogP contribution in [-0.2, 0) is 9.53 Å². The molecule has 176 valence electrons. The van der Waals surface area contributed by atoms with Gasteiger partial charge in [0, 0.05) is 12.0 Å². The number of imide groups is 1. The number of hydrogen-bond acceptors (Lipinski definition) is 5. The molecule has 1 N–H and O–H groups in total. The molecule has 2 aliphatic rings. The van der Waals surface area contributed by atoms with Gasteiger partial charge in [-0.1, -0.05) is 43.6 Å². The normalized spacial score (nSPS) is 20.3. The Morgan fingerprint density at radius 1 is 1.03 bits per heavy atom. The number of benzene rings is 2. The Hall–Kier alpha value is -2.73. The van der Waals surface area contributed by atoms with E-state index in [-0.39, 0.29) is 0 Å². The smallest absolute Gasteiger partial charge is 0.415 e. The van der Waals surface area contributed by atoms with Gasteiger partial charge in [-0.05, 0) is 66.8 Å². The maximum absolute atomic E-state index is 11.8. The first-order valence-electron chi connectivity index (χ1n) is 11.5. The quantitative estimate of drug-likeness (QED) is 0.465. The monoisotopic (exact) mass is 471 g/mol. The third kappa shape index (κ3) is 5.99. The van der Waals surface area contributed by atoms with E-state index in [0.717, 1.165) is 0 Å². The van der Waals surface area contributed by atoms with Crippen LogP contribution in [0.3, 0.4) is 0 Å². The number of nitrogens with one attached hydrogen (secondary N) is 1. The minimum absolute atomic E-state index is 0.438. The number of alkyl carbamates (subject to hydrolysis) is 1. The number of carbonyl (C=O) groups excluding carboxylic acids is 2. The average Bonchev–Trinajstić information content (AvgIpc) is 3.12. The summed E-state index contributed by atoms with van der Waals surface area (Å²) in [6.07, 6.45) is 3.90. The summed E-state index contributed by atoms with van der Waals surface area (Å²) in [6, 6.07) is 13.1. The average molecular weight is 472 g/mol. The molecule has 7 heteroatoms. The van der Waals surface area contributed by atoms with Gasteiger partial charge in [0.15, 0.2) is 0 Å². The standard InChI is InChI=1S/C26H30ClNO5/c1-26(2)11-9-17(10-12-26)18-7-8-22(21(27)16-18)32-14-4-13-31-20-6-3-5-19(15-20)23-24(29)28-25(30)33-23/h3,5-8,15-17,23H,4,9-14H2,1-2H3,(H,28,29,30). The van der Waals surface area contributed by atoms with Crippen LogP contribution in [0.4, 0.5) is 4.79 Å². The molecule has 1 saturated heterocycles. The summed E-state index contributed by atoms with van der Waals surface area (Å²) in [5, 5.41) is 2.77. The third-order valence-electron chi connectivity index (χ3n) is 6.43. The van der Waals surface area contributed by atoms with Crippen molar-refractivity contribution in [3.05, 3.63) is 58.6 Å². The Balaban J connectivity index is 1.22. The Labute approximate surface area is 199 Å². The highest BCUT2D eigenvalue weighted by atomic mass is 35.5. The van der Waals surface area contributed by atoms with E-state index in [0.29, 0.717) is 53.1 Å². The molecular weight excluding hydrogens is 442 g/mol. The van der Waals surface area contributed by atoms with Crippen molar-refractivity contribution in [1.82, 2.24) is 5.32 Å². The van der Waals surface area contributed by atoms with Gasteiger partial charge >= 0.3 is 6.09 Å². The van der Waals surface area contributed by atoms with Gasteiger partial charge in [-0.3, -0.25) is 10.1 Å². The second-order valence-corrected chi connectivity index (χ2v) is 9.93.